The topological polar surface area (TPSA) is 123 Å². The lowest BCUT2D eigenvalue weighted by molar-refractivity contribution is 0.0991. The average molecular weight is 338 g/mol. The second kappa shape index (κ2) is 6.31. The number of benzene rings is 1. The summed E-state index contributed by atoms with van der Waals surface area (Å²) in [6.45, 7) is 7.37. The summed E-state index contributed by atoms with van der Waals surface area (Å²) < 4.78 is 5.12. The molecule has 0 radical (unpaired) electrons. The van der Waals surface area contributed by atoms with Crippen molar-refractivity contribution >= 4 is 17.3 Å². The molecule has 0 saturated carbocycles. The Balaban J connectivity index is 1.95. The van der Waals surface area contributed by atoms with Gasteiger partial charge in [0.25, 0.3) is 11.8 Å². The Morgan fingerprint density at radius 3 is 2.56 bits per heavy atom. The predicted molar refractivity (Wildman–Crippen MR) is 92.9 cm³/mol. The van der Waals surface area contributed by atoms with Crippen molar-refractivity contribution in [3.8, 4) is 11.3 Å². The maximum atomic E-state index is 11.3. The van der Waals surface area contributed by atoms with Crippen LogP contribution in [0.1, 0.15) is 40.5 Å². The third-order valence-corrected chi connectivity index (χ3v) is 3.71. The number of amides is 1. The van der Waals surface area contributed by atoms with Crippen LogP contribution in [0, 0.1) is 20.8 Å². The molecule has 128 valence electrons. The smallest absolute Gasteiger partial charge is 0.284 e. The molecule has 2 aromatic heterocycles. The van der Waals surface area contributed by atoms with Crippen LogP contribution in [0.15, 0.2) is 27.7 Å². The number of carbonyl (C=O) groups excluding carboxylic acids is 1. The second-order valence-electron chi connectivity index (χ2n) is 5.77. The maximum absolute atomic E-state index is 11.3. The molecule has 1 aromatic carbocycles. The van der Waals surface area contributed by atoms with E-state index in [-0.39, 0.29) is 5.82 Å². The minimum atomic E-state index is -0.585. The van der Waals surface area contributed by atoms with Crippen molar-refractivity contribution in [2.45, 2.75) is 27.7 Å². The Hall–Kier alpha value is -3.29. The third kappa shape index (κ3) is 3.32. The number of aromatic amines is 1. The third-order valence-electron chi connectivity index (χ3n) is 3.71. The van der Waals surface area contributed by atoms with Crippen LogP contribution in [-0.2, 0) is 0 Å². The minimum Gasteiger partial charge on any atom is -0.363 e. The van der Waals surface area contributed by atoms with Gasteiger partial charge in [0.2, 0.25) is 0 Å². The van der Waals surface area contributed by atoms with Crippen molar-refractivity contribution in [2.75, 3.05) is 0 Å². The summed E-state index contributed by atoms with van der Waals surface area (Å²) in [5, 5.41) is 3.77. The monoisotopic (exact) mass is 338 g/mol. The number of nitrogens with one attached hydrogen (secondary N) is 1. The summed E-state index contributed by atoms with van der Waals surface area (Å²) in [6.07, 6.45) is 0. The number of hydrogen-bond donors (Lipinski definition) is 2. The lowest BCUT2D eigenvalue weighted by Gasteiger charge is -2.05. The molecule has 0 aliphatic carbocycles. The molecule has 3 aromatic rings. The number of aliphatic imine (C=N–C) groups is 1. The molecule has 0 fully saturated rings. The Morgan fingerprint density at radius 1 is 1.24 bits per heavy atom. The Labute approximate surface area is 144 Å². The molecule has 0 saturated heterocycles. The van der Waals surface area contributed by atoms with Gasteiger partial charge < -0.3 is 15.2 Å². The SMILES string of the molecule is CC(=Nc1ccc(-c2nc(C(N)=O)[nH]c2C)cc1C)c1nc(C)no1. The highest BCUT2D eigenvalue weighted by atomic mass is 16.5. The van der Waals surface area contributed by atoms with Crippen molar-refractivity contribution in [3.63, 3.8) is 0 Å². The normalized spacial score (nSPS) is 11.8. The molecule has 3 N–H and O–H groups in total. The van der Waals surface area contributed by atoms with Gasteiger partial charge in [-0.1, -0.05) is 11.2 Å². The van der Waals surface area contributed by atoms with E-state index in [9.17, 15) is 4.79 Å². The van der Waals surface area contributed by atoms with Crippen molar-refractivity contribution in [3.05, 3.63) is 47.0 Å². The van der Waals surface area contributed by atoms with Gasteiger partial charge in [-0.3, -0.25) is 4.79 Å². The summed E-state index contributed by atoms with van der Waals surface area (Å²) in [5.74, 6) is 0.527. The van der Waals surface area contributed by atoms with Crippen molar-refractivity contribution in [1.82, 2.24) is 20.1 Å². The summed E-state index contributed by atoms with van der Waals surface area (Å²) in [7, 11) is 0. The molecule has 0 aliphatic rings. The number of nitrogens with zero attached hydrogens (tertiary/aromatic N) is 4. The van der Waals surface area contributed by atoms with Crippen molar-refractivity contribution < 1.29 is 9.32 Å². The zero-order valence-corrected chi connectivity index (χ0v) is 14.4. The van der Waals surface area contributed by atoms with E-state index >= 15 is 0 Å². The fourth-order valence-corrected chi connectivity index (χ4v) is 2.46. The first-order chi connectivity index (χ1) is 11.8. The molecule has 0 atom stereocenters. The van der Waals surface area contributed by atoms with Gasteiger partial charge in [-0.05, 0) is 45.4 Å². The number of aryl methyl sites for hydroxylation is 3. The van der Waals surface area contributed by atoms with E-state index in [1.165, 1.54) is 0 Å². The van der Waals surface area contributed by atoms with Crippen molar-refractivity contribution in [2.24, 2.45) is 10.7 Å². The van der Waals surface area contributed by atoms with E-state index in [0.29, 0.717) is 23.1 Å². The first-order valence-corrected chi connectivity index (χ1v) is 7.68. The molecule has 0 aliphatic heterocycles. The Morgan fingerprint density at radius 2 is 2.00 bits per heavy atom. The Bertz CT molecular complexity index is 983. The van der Waals surface area contributed by atoms with Crippen LogP contribution in [0.2, 0.25) is 0 Å². The fourth-order valence-electron chi connectivity index (χ4n) is 2.46. The number of H-pyrrole nitrogens is 1. The van der Waals surface area contributed by atoms with Crippen LogP contribution in [0.5, 0.6) is 0 Å². The number of carbonyl (C=O) groups is 1. The lowest BCUT2D eigenvalue weighted by atomic mass is 10.1. The van der Waals surface area contributed by atoms with Crippen LogP contribution in [0.25, 0.3) is 11.3 Å². The molecule has 0 bridgehead atoms. The lowest BCUT2D eigenvalue weighted by Crippen LogP contribution is -2.12. The molecular formula is C17H18N6O2. The highest BCUT2D eigenvalue weighted by Crippen LogP contribution is 2.28. The van der Waals surface area contributed by atoms with E-state index in [1.807, 2.05) is 39.0 Å². The van der Waals surface area contributed by atoms with E-state index < -0.39 is 5.91 Å². The predicted octanol–water partition coefficient (Wildman–Crippen LogP) is 2.62. The van der Waals surface area contributed by atoms with Gasteiger partial charge in [-0.15, -0.1) is 0 Å². The number of aromatic nitrogens is 4. The largest absolute Gasteiger partial charge is 0.363 e. The zero-order chi connectivity index (χ0) is 18.1. The molecular weight excluding hydrogens is 320 g/mol. The quantitative estimate of drug-likeness (QED) is 0.708. The highest BCUT2D eigenvalue weighted by molar-refractivity contribution is 5.96. The summed E-state index contributed by atoms with van der Waals surface area (Å²) in [6, 6.07) is 5.74. The summed E-state index contributed by atoms with van der Waals surface area (Å²) in [4.78, 5) is 27.1. The molecule has 8 heteroatoms. The molecule has 0 spiro atoms. The zero-order valence-electron chi connectivity index (χ0n) is 14.4. The molecule has 3 rings (SSSR count). The number of imidazole rings is 1. The summed E-state index contributed by atoms with van der Waals surface area (Å²) in [5.41, 5.74) is 10.0. The fraction of sp³-hybridized carbons (Fsp3) is 0.235. The van der Waals surface area contributed by atoms with E-state index in [0.717, 1.165) is 22.5 Å². The van der Waals surface area contributed by atoms with E-state index in [4.69, 9.17) is 10.3 Å². The number of primary amides is 1. The van der Waals surface area contributed by atoms with Gasteiger partial charge in [0.05, 0.1) is 11.4 Å². The van der Waals surface area contributed by atoms with Gasteiger partial charge >= 0.3 is 0 Å². The minimum absolute atomic E-state index is 0.148. The molecule has 8 nitrogen and oxygen atoms in total. The van der Waals surface area contributed by atoms with Gasteiger partial charge in [-0.2, -0.15) is 4.98 Å². The second-order valence-corrected chi connectivity index (χ2v) is 5.77. The molecule has 2 heterocycles. The van der Waals surface area contributed by atoms with Gasteiger partial charge in [0, 0.05) is 11.3 Å². The average Bonchev–Trinajstić information content (AvgIpc) is 3.15. The first kappa shape index (κ1) is 16.6. The van der Waals surface area contributed by atoms with Crippen LogP contribution < -0.4 is 5.73 Å². The van der Waals surface area contributed by atoms with Crippen LogP contribution in [-0.4, -0.2) is 31.7 Å². The molecule has 1 amide bonds. The van der Waals surface area contributed by atoms with E-state index in [1.54, 1.807) is 6.92 Å². The Kier molecular flexibility index (Phi) is 4.18. The van der Waals surface area contributed by atoms with Crippen LogP contribution in [0.3, 0.4) is 0 Å². The van der Waals surface area contributed by atoms with Gasteiger partial charge in [-0.25, -0.2) is 9.98 Å². The number of hydrogen-bond acceptors (Lipinski definition) is 6. The van der Waals surface area contributed by atoms with Crippen LogP contribution >= 0.6 is 0 Å². The van der Waals surface area contributed by atoms with Crippen LogP contribution in [0.4, 0.5) is 5.69 Å². The number of nitrogens with two attached hydrogens (primary N) is 1. The molecule has 0 unspecified atom stereocenters. The van der Waals surface area contributed by atoms with E-state index in [2.05, 4.69) is 25.1 Å². The van der Waals surface area contributed by atoms with Gasteiger partial charge in [0.15, 0.2) is 11.6 Å². The standard InChI is InChI=1S/C17H18N6O2/c1-8-7-12(14-9(2)20-16(22-14)15(18)24)5-6-13(8)19-10(3)17-21-11(4)23-25-17/h5-7H,1-4H3,(H2,18,24)(H,20,22). The summed E-state index contributed by atoms with van der Waals surface area (Å²) >= 11 is 0. The highest BCUT2D eigenvalue weighted by Gasteiger charge is 2.13. The number of rotatable bonds is 4. The molecule has 25 heavy (non-hydrogen) atoms. The first-order valence-electron chi connectivity index (χ1n) is 7.68. The maximum Gasteiger partial charge on any atom is 0.284 e. The van der Waals surface area contributed by atoms with Crippen molar-refractivity contribution in [1.29, 1.82) is 0 Å². The van der Waals surface area contributed by atoms with Gasteiger partial charge in [0.1, 0.15) is 5.71 Å².